The van der Waals surface area contributed by atoms with Crippen LogP contribution in [0.1, 0.15) is 72.1 Å². The van der Waals surface area contributed by atoms with Gasteiger partial charge >= 0.3 is 6.09 Å². The van der Waals surface area contributed by atoms with E-state index in [2.05, 4.69) is 5.32 Å². The molecule has 0 spiro atoms. The van der Waals surface area contributed by atoms with Crippen LogP contribution < -0.4 is 5.32 Å². The lowest BCUT2D eigenvalue weighted by Gasteiger charge is -2.32. The zero-order valence-corrected chi connectivity index (χ0v) is 16.7. The second-order valence-corrected chi connectivity index (χ2v) is 8.52. The van der Waals surface area contributed by atoms with Crippen LogP contribution in [0.5, 0.6) is 0 Å². The summed E-state index contributed by atoms with van der Waals surface area (Å²) in [6.45, 7) is 8.14. The molecular weight excluding hydrogens is 332 g/mol. The first kappa shape index (κ1) is 21.0. The van der Waals surface area contributed by atoms with E-state index >= 15 is 0 Å². The van der Waals surface area contributed by atoms with Gasteiger partial charge in [0.1, 0.15) is 5.60 Å². The minimum absolute atomic E-state index is 0.00653. The monoisotopic (exact) mass is 368 g/mol. The lowest BCUT2D eigenvalue weighted by Crippen LogP contribution is -2.45. The van der Waals surface area contributed by atoms with Crippen LogP contribution in [0.4, 0.5) is 4.79 Å². The highest BCUT2D eigenvalue weighted by Gasteiger charge is 2.29. The summed E-state index contributed by atoms with van der Waals surface area (Å²) >= 11 is 0. The molecule has 0 aromatic carbocycles. The second kappa shape index (κ2) is 10.1. The highest BCUT2D eigenvalue weighted by Crippen LogP contribution is 2.21. The van der Waals surface area contributed by atoms with Gasteiger partial charge in [0.2, 0.25) is 5.91 Å². The molecule has 0 unspecified atom stereocenters. The largest absolute Gasteiger partial charge is 0.444 e. The van der Waals surface area contributed by atoms with Crippen molar-refractivity contribution in [3.8, 4) is 0 Å². The van der Waals surface area contributed by atoms with Gasteiger partial charge in [-0.1, -0.05) is 19.3 Å². The van der Waals surface area contributed by atoms with Crippen molar-refractivity contribution in [1.82, 2.24) is 10.2 Å². The van der Waals surface area contributed by atoms with Crippen molar-refractivity contribution < 1.29 is 19.1 Å². The molecule has 1 saturated carbocycles. The highest BCUT2D eigenvalue weighted by molar-refractivity contribution is 5.79. The van der Waals surface area contributed by atoms with E-state index in [0.29, 0.717) is 38.6 Å². The molecule has 2 aliphatic rings. The molecule has 0 radical (unpaired) electrons. The van der Waals surface area contributed by atoms with E-state index in [1.54, 1.807) is 4.90 Å². The number of nitrogens with zero attached hydrogens (tertiary/aromatic N) is 1. The quantitative estimate of drug-likeness (QED) is 0.729. The zero-order valence-electron chi connectivity index (χ0n) is 16.7. The SMILES string of the molecule is CC(C)(C)OC(=O)N1CCC(C(=O)NCCCOC2CCCCC2)CC1. The maximum Gasteiger partial charge on any atom is 0.410 e. The van der Waals surface area contributed by atoms with Crippen molar-refractivity contribution in [2.45, 2.75) is 83.8 Å². The number of hydrogen-bond acceptors (Lipinski definition) is 4. The number of ether oxygens (including phenoxy) is 2. The minimum atomic E-state index is -0.481. The molecule has 2 fully saturated rings. The number of nitrogens with one attached hydrogen (secondary N) is 1. The normalized spacial score (nSPS) is 20.0. The molecule has 0 aromatic rings. The van der Waals surface area contributed by atoms with Crippen LogP contribution in [-0.4, -0.2) is 54.8 Å². The molecule has 6 nitrogen and oxygen atoms in total. The van der Waals surface area contributed by atoms with Crippen LogP contribution in [0.2, 0.25) is 0 Å². The summed E-state index contributed by atoms with van der Waals surface area (Å²) in [5.41, 5.74) is -0.481. The van der Waals surface area contributed by atoms with Gasteiger partial charge in [0.05, 0.1) is 6.10 Å². The second-order valence-electron chi connectivity index (χ2n) is 8.52. The summed E-state index contributed by atoms with van der Waals surface area (Å²) in [6.07, 6.45) is 8.67. The molecule has 0 aromatic heterocycles. The van der Waals surface area contributed by atoms with Gasteiger partial charge in [-0.25, -0.2) is 4.79 Å². The Kier molecular flexibility index (Phi) is 8.19. The lowest BCUT2D eigenvalue weighted by atomic mass is 9.96. The van der Waals surface area contributed by atoms with Crippen molar-refractivity contribution in [2.24, 2.45) is 5.92 Å². The Balaban J connectivity index is 1.56. The van der Waals surface area contributed by atoms with E-state index in [9.17, 15) is 9.59 Å². The fourth-order valence-electron chi connectivity index (χ4n) is 3.56. The topological polar surface area (TPSA) is 67.9 Å². The molecule has 150 valence electrons. The molecule has 1 saturated heterocycles. The van der Waals surface area contributed by atoms with Crippen LogP contribution in [0.25, 0.3) is 0 Å². The predicted molar refractivity (Wildman–Crippen MR) is 101 cm³/mol. The first-order valence-electron chi connectivity index (χ1n) is 10.2. The molecule has 1 N–H and O–H groups in total. The van der Waals surface area contributed by atoms with Crippen LogP contribution in [-0.2, 0) is 14.3 Å². The Morgan fingerprint density at radius 1 is 1.04 bits per heavy atom. The average molecular weight is 369 g/mol. The first-order valence-corrected chi connectivity index (χ1v) is 10.2. The number of amides is 2. The fourth-order valence-corrected chi connectivity index (χ4v) is 3.56. The van der Waals surface area contributed by atoms with Crippen molar-refractivity contribution in [3.63, 3.8) is 0 Å². The molecule has 1 aliphatic carbocycles. The maximum atomic E-state index is 12.3. The van der Waals surface area contributed by atoms with Gasteiger partial charge in [-0.05, 0) is 52.9 Å². The fraction of sp³-hybridized carbons (Fsp3) is 0.900. The van der Waals surface area contributed by atoms with Gasteiger partial charge in [0.15, 0.2) is 0 Å². The summed E-state index contributed by atoms with van der Waals surface area (Å²) in [7, 11) is 0. The molecule has 2 amide bonds. The Labute approximate surface area is 158 Å². The molecule has 26 heavy (non-hydrogen) atoms. The number of piperidine rings is 1. The molecular formula is C20H36N2O4. The lowest BCUT2D eigenvalue weighted by molar-refractivity contribution is -0.126. The Hall–Kier alpha value is -1.30. The van der Waals surface area contributed by atoms with Crippen molar-refractivity contribution in [2.75, 3.05) is 26.2 Å². The van der Waals surface area contributed by atoms with E-state index in [4.69, 9.17) is 9.47 Å². The van der Waals surface area contributed by atoms with Crippen molar-refractivity contribution >= 4 is 12.0 Å². The molecule has 1 heterocycles. The highest BCUT2D eigenvalue weighted by atomic mass is 16.6. The average Bonchev–Trinajstić information content (AvgIpc) is 2.61. The third-order valence-electron chi connectivity index (χ3n) is 5.04. The number of carbonyl (C=O) groups is 2. The first-order chi connectivity index (χ1) is 12.3. The van der Waals surface area contributed by atoms with Crippen molar-refractivity contribution in [3.05, 3.63) is 0 Å². The van der Waals surface area contributed by atoms with Gasteiger partial charge in [-0.15, -0.1) is 0 Å². The summed E-state index contributed by atoms with van der Waals surface area (Å²) in [5.74, 6) is 0.0967. The maximum absolute atomic E-state index is 12.3. The molecule has 1 aliphatic heterocycles. The van der Waals surface area contributed by atoms with Gasteiger partial charge in [0.25, 0.3) is 0 Å². The van der Waals surface area contributed by atoms with Crippen molar-refractivity contribution in [1.29, 1.82) is 0 Å². The summed E-state index contributed by atoms with van der Waals surface area (Å²) in [4.78, 5) is 26.0. The molecule has 2 rings (SSSR count). The molecule has 6 heteroatoms. The van der Waals surface area contributed by atoms with Gasteiger partial charge in [-0.2, -0.15) is 0 Å². The standard InChI is InChI=1S/C20H36N2O4/c1-20(2,3)26-19(24)22-13-10-16(11-14-22)18(23)21-12-7-15-25-17-8-5-4-6-9-17/h16-17H,4-15H2,1-3H3,(H,21,23). The smallest absolute Gasteiger partial charge is 0.410 e. The Morgan fingerprint density at radius 3 is 2.31 bits per heavy atom. The van der Waals surface area contributed by atoms with E-state index in [-0.39, 0.29) is 17.9 Å². The predicted octanol–water partition coefficient (Wildman–Crippen LogP) is 3.49. The van der Waals surface area contributed by atoms with E-state index in [1.807, 2.05) is 20.8 Å². The van der Waals surface area contributed by atoms with Gasteiger partial charge in [0, 0.05) is 32.2 Å². The van der Waals surface area contributed by atoms with E-state index in [0.717, 1.165) is 13.0 Å². The third-order valence-corrected chi connectivity index (χ3v) is 5.04. The van der Waals surface area contributed by atoms with Gasteiger partial charge in [-0.3, -0.25) is 4.79 Å². The van der Waals surface area contributed by atoms with Crippen LogP contribution in [0.15, 0.2) is 0 Å². The molecule has 0 atom stereocenters. The number of likely N-dealkylation sites (tertiary alicyclic amines) is 1. The van der Waals surface area contributed by atoms with Crippen LogP contribution in [0, 0.1) is 5.92 Å². The summed E-state index contributed by atoms with van der Waals surface area (Å²) in [5, 5.41) is 3.02. The van der Waals surface area contributed by atoms with Gasteiger partial charge < -0.3 is 19.7 Å². The zero-order chi connectivity index (χ0) is 19.0. The number of rotatable bonds is 6. The Bertz CT molecular complexity index is 447. The van der Waals surface area contributed by atoms with Crippen LogP contribution in [0.3, 0.4) is 0 Å². The number of carbonyl (C=O) groups excluding carboxylic acids is 2. The number of hydrogen-bond donors (Lipinski definition) is 1. The van der Waals surface area contributed by atoms with Crippen LogP contribution >= 0.6 is 0 Å². The summed E-state index contributed by atoms with van der Waals surface area (Å²) < 4.78 is 11.3. The van der Waals surface area contributed by atoms with E-state index < -0.39 is 5.60 Å². The van der Waals surface area contributed by atoms with E-state index in [1.165, 1.54) is 32.1 Å². The minimum Gasteiger partial charge on any atom is -0.444 e. The summed E-state index contributed by atoms with van der Waals surface area (Å²) in [6, 6.07) is 0. The third kappa shape index (κ3) is 7.52. The Morgan fingerprint density at radius 2 is 1.69 bits per heavy atom. The molecule has 0 bridgehead atoms.